The lowest BCUT2D eigenvalue weighted by molar-refractivity contribution is -0.121. The number of allylic oxidation sites excluding steroid dienone is 1. The van der Waals surface area contributed by atoms with Gasteiger partial charge in [0.1, 0.15) is 16.7 Å². The molecule has 31 heavy (non-hydrogen) atoms. The monoisotopic (exact) mass is 457 g/mol. The number of benzene rings is 2. The van der Waals surface area contributed by atoms with Crippen LogP contribution < -0.4 is 9.47 Å². The second-order valence-corrected chi connectivity index (χ2v) is 8.45. The number of ether oxygens (including phenoxy) is 2. The van der Waals surface area contributed by atoms with Gasteiger partial charge in [-0.05, 0) is 61.7 Å². The highest BCUT2D eigenvalue weighted by Crippen LogP contribution is 2.37. The van der Waals surface area contributed by atoms with Gasteiger partial charge in [0.15, 0.2) is 11.5 Å². The first-order valence-electron chi connectivity index (χ1n) is 10.00. The Hall–Kier alpha value is -2.64. The number of hydrogen-bond donors (Lipinski definition) is 0. The Kier molecular flexibility index (Phi) is 7.87. The SMILES string of the molecule is C=CCc1cc(C=C2SC(=S)N(CC)C2=O)cc(OCC)c1OCc1ccc(F)cc1. The number of halogens is 1. The first kappa shape index (κ1) is 23.0. The molecular weight excluding hydrogens is 433 g/mol. The van der Waals surface area contributed by atoms with Gasteiger partial charge in [-0.2, -0.15) is 0 Å². The summed E-state index contributed by atoms with van der Waals surface area (Å²) in [5, 5.41) is 0. The highest BCUT2D eigenvalue weighted by atomic mass is 32.2. The average molecular weight is 458 g/mol. The van der Waals surface area contributed by atoms with Crippen molar-refractivity contribution in [2.45, 2.75) is 26.9 Å². The molecule has 3 rings (SSSR count). The summed E-state index contributed by atoms with van der Waals surface area (Å²) < 4.78 is 25.7. The molecule has 7 heteroatoms. The van der Waals surface area contributed by atoms with E-state index in [1.807, 2.05) is 32.1 Å². The lowest BCUT2D eigenvalue weighted by atomic mass is 10.0. The van der Waals surface area contributed by atoms with Crippen LogP contribution in [-0.2, 0) is 17.8 Å². The van der Waals surface area contributed by atoms with E-state index in [9.17, 15) is 9.18 Å². The first-order valence-corrected chi connectivity index (χ1v) is 11.2. The minimum atomic E-state index is -0.288. The second-order valence-electron chi connectivity index (χ2n) is 6.77. The van der Waals surface area contributed by atoms with Crippen molar-refractivity contribution in [1.82, 2.24) is 4.90 Å². The molecule has 4 nitrogen and oxygen atoms in total. The predicted molar refractivity (Wildman–Crippen MR) is 128 cm³/mol. The summed E-state index contributed by atoms with van der Waals surface area (Å²) in [6, 6.07) is 10.0. The molecule has 0 spiro atoms. The number of nitrogens with zero attached hydrogens (tertiary/aromatic N) is 1. The number of hydrogen-bond acceptors (Lipinski definition) is 5. The van der Waals surface area contributed by atoms with Crippen molar-refractivity contribution in [1.29, 1.82) is 0 Å². The summed E-state index contributed by atoms with van der Waals surface area (Å²) in [5.74, 6) is 0.826. The van der Waals surface area contributed by atoms with Crippen molar-refractivity contribution >= 4 is 40.3 Å². The molecule has 2 aromatic rings. The molecule has 0 unspecified atom stereocenters. The van der Waals surface area contributed by atoms with Crippen LogP contribution >= 0.6 is 24.0 Å². The van der Waals surface area contributed by atoms with Gasteiger partial charge in [-0.3, -0.25) is 9.69 Å². The van der Waals surface area contributed by atoms with Crippen LogP contribution in [0.2, 0.25) is 0 Å². The highest BCUT2D eigenvalue weighted by Gasteiger charge is 2.30. The fourth-order valence-electron chi connectivity index (χ4n) is 3.16. The molecule has 0 aliphatic carbocycles. The molecule has 1 saturated heterocycles. The van der Waals surface area contributed by atoms with Crippen LogP contribution in [0.15, 0.2) is 54.0 Å². The van der Waals surface area contributed by atoms with E-state index < -0.39 is 0 Å². The van der Waals surface area contributed by atoms with Crippen LogP contribution in [0.25, 0.3) is 6.08 Å². The maximum Gasteiger partial charge on any atom is 0.266 e. The topological polar surface area (TPSA) is 38.8 Å². The van der Waals surface area contributed by atoms with Gasteiger partial charge in [-0.1, -0.05) is 42.2 Å². The molecule has 1 fully saturated rings. The largest absolute Gasteiger partial charge is 0.490 e. The van der Waals surface area contributed by atoms with Gasteiger partial charge in [-0.15, -0.1) is 6.58 Å². The van der Waals surface area contributed by atoms with E-state index in [0.29, 0.717) is 40.3 Å². The Morgan fingerprint density at radius 3 is 2.55 bits per heavy atom. The van der Waals surface area contributed by atoms with Crippen LogP contribution in [-0.4, -0.2) is 28.3 Å². The highest BCUT2D eigenvalue weighted by molar-refractivity contribution is 8.26. The zero-order valence-corrected chi connectivity index (χ0v) is 19.2. The number of carbonyl (C=O) groups excluding carboxylic acids is 1. The Balaban J connectivity index is 1.95. The molecule has 0 N–H and O–H groups in total. The maximum atomic E-state index is 13.2. The number of thiocarbonyl (C=S) groups is 1. The van der Waals surface area contributed by atoms with Gasteiger partial charge < -0.3 is 9.47 Å². The Bertz CT molecular complexity index is 1020. The molecular formula is C24H24FNO3S2. The van der Waals surface area contributed by atoms with Gasteiger partial charge in [0.2, 0.25) is 0 Å². The van der Waals surface area contributed by atoms with Crippen molar-refractivity contribution in [3.8, 4) is 11.5 Å². The normalized spacial score (nSPS) is 14.9. The van der Waals surface area contributed by atoms with Crippen LogP contribution in [0, 0.1) is 5.82 Å². The van der Waals surface area contributed by atoms with Crippen molar-refractivity contribution in [3.63, 3.8) is 0 Å². The van der Waals surface area contributed by atoms with E-state index in [1.165, 1.54) is 23.9 Å². The predicted octanol–water partition coefficient (Wildman–Crippen LogP) is 5.75. The second kappa shape index (κ2) is 10.6. The van der Waals surface area contributed by atoms with Gasteiger partial charge in [0, 0.05) is 12.1 Å². The van der Waals surface area contributed by atoms with Gasteiger partial charge in [0.05, 0.1) is 11.5 Å². The van der Waals surface area contributed by atoms with Crippen LogP contribution in [0.4, 0.5) is 4.39 Å². The van der Waals surface area contributed by atoms with Crippen LogP contribution in [0.1, 0.15) is 30.5 Å². The van der Waals surface area contributed by atoms with Gasteiger partial charge in [0.25, 0.3) is 5.91 Å². The van der Waals surface area contributed by atoms with E-state index in [2.05, 4.69) is 6.58 Å². The smallest absolute Gasteiger partial charge is 0.266 e. The summed E-state index contributed by atoms with van der Waals surface area (Å²) in [6.07, 6.45) is 4.18. The Morgan fingerprint density at radius 1 is 1.19 bits per heavy atom. The fourth-order valence-corrected chi connectivity index (χ4v) is 4.54. The average Bonchev–Trinajstić information content (AvgIpc) is 3.01. The molecule has 1 amide bonds. The zero-order valence-electron chi connectivity index (χ0n) is 17.5. The quantitative estimate of drug-likeness (QED) is 0.272. The third kappa shape index (κ3) is 5.54. The van der Waals surface area contributed by atoms with E-state index >= 15 is 0 Å². The molecule has 162 valence electrons. The minimum Gasteiger partial charge on any atom is -0.490 e. The fraction of sp³-hybridized carbons (Fsp3) is 0.250. The van der Waals surface area contributed by atoms with Crippen molar-refractivity contribution < 1.29 is 18.7 Å². The molecule has 0 bridgehead atoms. The minimum absolute atomic E-state index is 0.0858. The van der Waals surface area contributed by atoms with Gasteiger partial charge >= 0.3 is 0 Å². The van der Waals surface area contributed by atoms with E-state index in [4.69, 9.17) is 21.7 Å². The summed E-state index contributed by atoms with van der Waals surface area (Å²) in [6.45, 7) is 8.92. The van der Waals surface area contributed by atoms with Crippen molar-refractivity contribution in [2.24, 2.45) is 0 Å². The molecule has 0 aromatic heterocycles. The molecule has 1 aliphatic rings. The van der Waals surface area contributed by atoms with Crippen molar-refractivity contribution in [2.75, 3.05) is 13.2 Å². The maximum absolute atomic E-state index is 13.2. The van der Waals surface area contributed by atoms with E-state index in [1.54, 1.807) is 23.1 Å². The molecule has 2 aromatic carbocycles. The summed E-state index contributed by atoms with van der Waals surface area (Å²) >= 11 is 6.60. The third-order valence-corrected chi connectivity index (χ3v) is 5.98. The lowest BCUT2D eigenvalue weighted by Gasteiger charge is -2.17. The summed E-state index contributed by atoms with van der Waals surface area (Å²) in [5.41, 5.74) is 2.56. The summed E-state index contributed by atoms with van der Waals surface area (Å²) in [4.78, 5) is 14.7. The zero-order chi connectivity index (χ0) is 22.4. The summed E-state index contributed by atoms with van der Waals surface area (Å²) in [7, 11) is 0. The number of thioether (sulfide) groups is 1. The molecule has 1 heterocycles. The Morgan fingerprint density at radius 2 is 1.94 bits per heavy atom. The molecule has 0 atom stereocenters. The number of amides is 1. The van der Waals surface area contributed by atoms with E-state index in [0.717, 1.165) is 16.7 Å². The standard InChI is InChI=1S/C24H24FNO3S2/c1-4-7-18-12-17(14-21-23(27)26(5-2)24(30)31-21)13-20(28-6-3)22(18)29-15-16-8-10-19(25)11-9-16/h4,8-14H,1,5-7,15H2,2-3H3. The van der Waals surface area contributed by atoms with Gasteiger partial charge in [-0.25, -0.2) is 4.39 Å². The molecule has 1 aliphatic heterocycles. The number of likely N-dealkylation sites (N-methyl/N-ethyl adjacent to an activating group) is 1. The molecule has 0 radical (unpaired) electrons. The molecule has 0 saturated carbocycles. The van der Waals surface area contributed by atoms with Crippen molar-refractivity contribution in [3.05, 3.63) is 76.5 Å². The Labute approximate surface area is 191 Å². The van der Waals surface area contributed by atoms with Crippen LogP contribution in [0.5, 0.6) is 11.5 Å². The van der Waals surface area contributed by atoms with Crippen LogP contribution in [0.3, 0.4) is 0 Å². The van der Waals surface area contributed by atoms with E-state index in [-0.39, 0.29) is 18.3 Å². The number of rotatable bonds is 9. The third-order valence-electron chi connectivity index (χ3n) is 4.60. The lowest BCUT2D eigenvalue weighted by Crippen LogP contribution is -2.27. The first-order chi connectivity index (χ1) is 15.0. The number of carbonyl (C=O) groups is 1.